The summed E-state index contributed by atoms with van der Waals surface area (Å²) in [5, 5.41) is 0. The summed E-state index contributed by atoms with van der Waals surface area (Å²) in [5.74, 6) is 1.34. The number of pyridine rings is 1. The van der Waals surface area contributed by atoms with Gasteiger partial charge in [0.25, 0.3) is 0 Å². The van der Waals surface area contributed by atoms with Crippen LogP contribution in [-0.2, 0) is 4.79 Å². The Hall–Kier alpha value is -1.66. The first kappa shape index (κ1) is 18.1. The molecule has 6 heteroatoms. The number of aryl methyl sites for hydroxylation is 1. The molecule has 3 heterocycles. The zero-order valence-electron chi connectivity index (χ0n) is 15.8. The average Bonchev–Trinajstić information content (AvgIpc) is 3.06. The Balaban J connectivity index is 1.43. The van der Waals surface area contributed by atoms with E-state index in [2.05, 4.69) is 46.8 Å². The minimum absolute atomic E-state index is 0.288. The van der Waals surface area contributed by atoms with Gasteiger partial charge in [-0.15, -0.1) is 0 Å². The summed E-state index contributed by atoms with van der Waals surface area (Å²) in [5.41, 5.74) is 1.20. The topological polar surface area (TPSA) is 42.9 Å². The summed E-state index contributed by atoms with van der Waals surface area (Å²) in [7, 11) is 4.32. The van der Waals surface area contributed by atoms with Crippen LogP contribution in [0, 0.1) is 6.92 Å². The number of rotatable bonds is 5. The molecule has 138 valence electrons. The minimum Gasteiger partial charge on any atom is -0.353 e. The maximum Gasteiger partial charge on any atom is 0.223 e. The van der Waals surface area contributed by atoms with E-state index in [0.29, 0.717) is 12.5 Å². The summed E-state index contributed by atoms with van der Waals surface area (Å²) < 4.78 is 0. The summed E-state index contributed by atoms with van der Waals surface area (Å²) in [6, 6.07) is 4.66. The number of carbonyl (C=O) groups excluding carboxylic acids is 1. The lowest BCUT2D eigenvalue weighted by Gasteiger charge is -2.36. The summed E-state index contributed by atoms with van der Waals surface area (Å²) in [6.07, 6.45) is 3.68. The van der Waals surface area contributed by atoms with E-state index in [0.717, 1.165) is 51.6 Å². The van der Waals surface area contributed by atoms with Crippen LogP contribution in [0.4, 0.5) is 5.82 Å². The number of anilines is 1. The van der Waals surface area contributed by atoms with E-state index in [1.807, 2.05) is 17.2 Å². The van der Waals surface area contributed by atoms with Crippen molar-refractivity contribution >= 4 is 11.7 Å². The van der Waals surface area contributed by atoms with Crippen LogP contribution >= 0.6 is 0 Å². The van der Waals surface area contributed by atoms with E-state index in [-0.39, 0.29) is 5.91 Å². The first-order valence-electron chi connectivity index (χ1n) is 9.37. The molecule has 2 saturated heterocycles. The molecule has 1 aromatic heterocycles. The fraction of sp³-hybridized carbons (Fsp3) is 0.684. The second-order valence-corrected chi connectivity index (χ2v) is 7.45. The van der Waals surface area contributed by atoms with Gasteiger partial charge in [-0.1, -0.05) is 6.07 Å². The van der Waals surface area contributed by atoms with Gasteiger partial charge in [0.2, 0.25) is 5.91 Å². The molecule has 2 aliphatic rings. The number of hydrogen-bond donors (Lipinski definition) is 0. The number of likely N-dealkylation sites (tertiary alicyclic amines) is 1. The van der Waals surface area contributed by atoms with Gasteiger partial charge in [0.05, 0.1) is 0 Å². The third-order valence-corrected chi connectivity index (χ3v) is 5.58. The number of amides is 1. The van der Waals surface area contributed by atoms with Crippen LogP contribution in [0.3, 0.4) is 0 Å². The second kappa shape index (κ2) is 8.15. The fourth-order valence-electron chi connectivity index (χ4n) is 3.86. The molecule has 0 aliphatic carbocycles. The van der Waals surface area contributed by atoms with Crippen molar-refractivity contribution in [2.24, 2.45) is 0 Å². The first-order chi connectivity index (χ1) is 12.0. The molecule has 1 unspecified atom stereocenters. The van der Waals surface area contributed by atoms with Gasteiger partial charge in [0.1, 0.15) is 5.82 Å². The SMILES string of the molecule is Cc1cccnc1N1CCN(C(=O)CCN(C)C2CCN(C)C2)CC1. The van der Waals surface area contributed by atoms with Crippen molar-refractivity contribution in [1.29, 1.82) is 0 Å². The zero-order chi connectivity index (χ0) is 17.8. The maximum absolute atomic E-state index is 12.5. The van der Waals surface area contributed by atoms with Crippen molar-refractivity contribution in [3.8, 4) is 0 Å². The van der Waals surface area contributed by atoms with Gasteiger partial charge in [-0.2, -0.15) is 0 Å². The van der Waals surface area contributed by atoms with Crippen LogP contribution in [0.2, 0.25) is 0 Å². The van der Waals surface area contributed by atoms with Crippen LogP contribution in [0.15, 0.2) is 18.3 Å². The van der Waals surface area contributed by atoms with Crippen LogP contribution in [0.25, 0.3) is 0 Å². The van der Waals surface area contributed by atoms with Crippen molar-refractivity contribution in [2.75, 3.05) is 64.8 Å². The third kappa shape index (κ3) is 4.50. The molecule has 1 aromatic rings. The number of nitrogens with zero attached hydrogens (tertiary/aromatic N) is 5. The quantitative estimate of drug-likeness (QED) is 0.798. The lowest BCUT2D eigenvalue weighted by atomic mass is 10.2. The monoisotopic (exact) mass is 345 g/mol. The number of hydrogen-bond acceptors (Lipinski definition) is 5. The van der Waals surface area contributed by atoms with E-state index in [1.54, 1.807) is 0 Å². The smallest absolute Gasteiger partial charge is 0.223 e. The van der Waals surface area contributed by atoms with E-state index < -0.39 is 0 Å². The molecule has 25 heavy (non-hydrogen) atoms. The molecule has 3 rings (SSSR count). The summed E-state index contributed by atoms with van der Waals surface area (Å²) >= 11 is 0. The maximum atomic E-state index is 12.5. The normalized spacial score (nSPS) is 22.0. The Labute approximate surface area is 151 Å². The molecule has 2 fully saturated rings. The van der Waals surface area contributed by atoms with Gasteiger partial charge in [0, 0.05) is 57.9 Å². The molecule has 1 amide bonds. The Kier molecular flexibility index (Phi) is 5.91. The third-order valence-electron chi connectivity index (χ3n) is 5.58. The molecule has 1 atom stereocenters. The Morgan fingerprint density at radius 1 is 1.28 bits per heavy atom. The number of piperazine rings is 1. The second-order valence-electron chi connectivity index (χ2n) is 7.45. The molecule has 6 nitrogen and oxygen atoms in total. The van der Waals surface area contributed by atoms with E-state index >= 15 is 0 Å². The van der Waals surface area contributed by atoms with Gasteiger partial charge in [0.15, 0.2) is 0 Å². The Morgan fingerprint density at radius 2 is 2.04 bits per heavy atom. The van der Waals surface area contributed by atoms with Crippen LogP contribution in [0.1, 0.15) is 18.4 Å². The molecule has 0 spiro atoms. The summed E-state index contributed by atoms with van der Waals surface area (Å²) in [6.45, 7) is 8.56. The molecular formula is C19H31N5O. The molecular weight excluding hydrogens is 314 g/mol. The predicted molar refractivity (Wildman–Crippen MR) is 101 cm³/mol. The van der Waals surface area contributed by atoms with Crippen LogP contribution in [-0.4, -0.2) is 91.5 Å². The largest absolute Gasteiger partial charge is 0.353 e. The fourth-order valence-corrected chi connectivity index (χ4v) is 3.86. The van der Waals surface area contributed by atoms with Gasteiger partial charge in [-0.05, 0) is 45.6 Å². The van der Waals surface area contributed by atoms with Gasteiger partial charge in [-0.3, -0.25) is 4.79 Å². The average molecular weight is 345 g/mol. The van der Waals surface area contributed by atoms with E-state index in [9.17, 15) is 4.79 Å². The predicted octanol–water partition coefficient (Wildman–Crippen LogP) is 1.06. The van der Waals surface area contributed by atoms with E-state index in [4.69, 9.17) is 0 Å². The van der Waals surface area contributed by atoms with Crippen LogP contribution < -0.4 is 4.90 Å². The molecule has 0 bridgehead atoms. The summed E-state index contributed by atoms with van der Waals surface area (Å²) in [4.78, 5) is 26.1. The van der Waals surface area contributed by atoms with E-state index in [1.165, 1.54) is 12.0 Å². The molecule has 0 aromatic carbocycles. The Morgan fingerprint density at radius 3 is 2.68 bits per heavy atom. The number of aromatic nitrogens is 1. The molecule has 2 aliphatic heterocycles. The minimum atomic E-state index is 0.288. The lowest BCUT2D eigenvalue weighted by molar-refractivity contribution is -0.131. The van der Waals surface area contributed by atoms with Crippen molar-refractivity contribution < 1.29 is 4.79 Å². The number of carbonyl (C=O) groups is 1. The highest BCUT2D eigenvalue weighted by Gasteiger charge is 2.25. The highest BCUT2D eigenvalue weighted by molar-refractivity contribution is 5.76. The highest BCUT2D eigenvalue weighted by atomic mass is 16.2. The highest BCUT2D eigenvalue weighted by Crippen LogP contribution is 2.18. The number of likely N-dealkylation sites (N-methyl/N-ethyl adjacent to an activating group) is 2. The van der Waals surface area contributed by atoms with Crippen molar-refractivity contribution in [1.82, 2.24) is 19.7 Å². The molecule has 0 saturated carbocycles. The Bertz CT molecular complexity index is 585. The zero-order valence-corrected chi connectivity index (χ0v) is 15.8. The first-order valence-corrected chi connectivity index (χ1v) is 9.37. The van der Waals surface area contributed by atoms with Crippen molar-refractivity contribution in [2.45, 2.75) is 25.8 Å². The van der Waals surface area contributed by atoms with Crippen LogP contribution in [0.5, 0.6) is 0 Å². The lowest BCUT2D eigenvalue weighted by Crippen LogP contribution is -2.49. The molecule has 0 radical (unpaired) electrons. The van der Waals surface area contributed by atoms with Crippen molar-refractivity contribution in [3.63, 3.8) is 0 Å². The van der Waals surface area contributed by atoms with Gasteiger partial charge in [-0.25, -0.2) is 4.98 Å². The molecule has 0 N–H and O–H groups in total. The van der Waals surface area contributed by atoms with Crippen molar-refractivity contribution in [3.05, 3.63) is 23.9 Å². The standard InChI is InChI=1S/C19H31N5O/c1-16-5-4-8-20-19(16)24-13-11-23(12-14-24)18(25)7-10-22(3)17-6-9-21(2)15-17/h4-5,8,17H,6-7,9-15H2,1-3H3. The van der Waals surface area contributed by atoms with Gasteiger partial charge < -0.3 is 19.6 Å². The van der Waals surface area contributed by atoms with Gasteiger partial charge >= 0.3 is 0 Å².